The van der Waals surface area contributed by atoms with E-state index in [1.165, 1.54) is 25.7 Å². The van der Waals surface area contributed by atoms with Crippen LogP contribution in [0.1, 0.15) is 53.4 Å². The largest absolute Gasteiger partial charge is 0.465 e. The van der Waals surface area contributed by atoms with Gasteiger partial charge < -0.3 is 26.4 Å². The summed E-state index contributed by atoms with van der Waals surface area (Å²) in [4.78, 5) is 28.9. The molecule has 0 bridgehead atoms. The molecular weight excluding hydrogens is 328 g/mol. The van der Waals surface area contributed by atoms with Crippen LogP contribution in [0.25, 0.3) is 0 Å². The highest BCUT2D eigenvalue weighted by Gasteiger charge is 2.35. The van der Waals surface area contributed by atoms with E-state index in [9.17, 15) is 4.79 Å². The van der Waals surface area contributed by atoms with Gasteiger partial charge in [-0.05, 0) is 37.0 Å². The quantitative estimate of drug-likeness (QED) is 0.446. The van der Waals surface area contributed by atoms with Crippen LogP contribution in [0.2, 0.25) is 0 Å². The standard InChI is InChI=1S/C15H26O2.2CH3NO2/c1-11(2)14(16)17-10-12(3)13-8-6-7-9-15(13,4)5;2*2-1(3)4/h12-13H,1,6-10H2,2-5H3;2*2H2,(H,3,4). The molecule has 0 aromatic rings. The second kappa shape index (κ2) is 12.2. The van der Waals surface area contributed by atoms with Crippen molar-refractivity contribution in [1.82, 2.24) is 0 Å². The maximum atomic E-state index is 11.4. The molecule has 0 aliphatic heterocycles. The number of carbonyl (C=O) groups excluding carboxylic acids is 1. The van der Waals surface area contributed by atoms with Crippen LogP contribution in [0.3, 0.4) is 0 Å². The number of ether oxygens (including phenoxy) is 1. The predicted molar refractivity (Wildman–Crippen MR) is 95.1 cm³/mol. The van der Waals surface area contributed by atoms with E-state index in [2.05, 4.69) is 38.8 Å². The Balaban J connectivity index is 0. The second-order valence-electron chi connectivity index (χ2n) is 6.87. The summed E-state index contributed by atoms with van der Waals surface area (Å²) >= 11 is 0. The number of carbonyl (C=O) groups is 3. The predicted octanol–water partition coefficient (Wildman–Crippen LogP) is 3.20. The van der Waals surface area contributed by atoms with Crippen LogP contribution < -0.4 is 11.5 Å². The molecule has 146 valence electrons. The fraction of sp³-hybridized carbons (Fsp3) is 0.706. The van der Waals surface area contributed by atoms with Crippen LogP contribution in [0.15, 0.2) is 12.2 Å². The lowest BCUT2D eigenvalue weighted by molar-refractivity contribution is -0.141. The first-order valence-corrected chi connectivity index (χ1v) is 8.10. The van der Waals surface area contributed by atoms with Crippen molar-refractivity contribution in [3.05, 3.63) is 12.2 Å². The fourth-order valence-electron chi connectivity index (χ4n) is 3.02. The van der Waals surface area contributed by atoms with Crippen molar-refractivity contribution in [1.29, 1.82) is 0 Å². The van der Waals surface area contributed by atoms with E-state index in [1.54, 1.807) is 6.92 Å². The molecule has 6 N–H and O–H groups in total. The Morgan fingerprint density at radius 2 is 1.64 bits per heavy atom. The van der Waals surface area contributed by atoms with Gasteiger partial charge in [0.1, 0.15) is 0 Å². The van der Waals surface area contributed by atoms with Crippen LogP contribution in [-0.2, 0) is 9.53 Å². The zero-order valence-electron chi connectivity index (χ0n) is 15.6. The number of primary amides is 2. The summed E-state index contributed by atoms with van der Waals surface area (Å²) in [5, 5.41) is 14.4. The average molecular weight is 360 g/mol. The Hall–Kier alpha value is -2.25. The first-order valence-electron chi connectivity index (χ1n) is 8.10. The molecule has 1 saturated carbocycles. The first-order chi connectivity index (χ1) is 11.3. The Kier molecular flexibility index (Phi) is 12.2. The SMILES string of the molecule is C=C(C)C(=O)OCC(C)C1CCCCC1(C)C.NC(=O)O.NC(=O)O. The third-order valence-corrected chi connectivity index (χ3v) is 4.10. The van der Waals surface area contributed by atoms with Crippen LogP contribution in [0, 0.1) is 17.3 Å². The summed E-state index contributed by atoms with van der Waals surface area (Å²) in [5.74, 6) is 0.841. The Morgan fingerprint density at radius 1 is 1.20 bits per heavy atom. The van der Waals surface area contributed by atoms with Gasteiger partial charge in [-0.3, -0.25) is 0 Å². The summed E-state index contributed by atoms with van der Waals surface area (Å²) in [6.07, 6.45) is 2.53. The summed E-state index contributed by atoms with van der Waals surface area (Å²) in [6.45, 7) is 12.7. The number of nitrogens with two attached hydrogens (primary N) is 2. The summed E-state index contributed by atoms with van der Waals surface area (Å²) in [7, 11) is 0. The van der Waals surface area contributed by atoms with E-state index in [4.69, 9.17) is 24.5 Å². The minimum absolute atomic E-state index is 0.259. The van der Waals surface area contributed by atoms with E-state index in [0.29, 0.717) is 29.4 Å². The number of amides is 2. The molecule has 8 heteroatoms. The number of hydrogen-bond acceptors (Lipinski definition) is 4. The fourth-order valence-corrected chi connectivity index (χ4v) is 3.02. The van der Waals surface area contributed by atoms with Gasteiger partial charge in [0.05, 0.1) is 6.61 Å². The molecule has 2 unspecified atom stereocenters. The van der Waals surface area contributed by atoms with Gasteiger partial charge in [-0.1, -0.05) is 40.2 Å². The van der Waals surface area contributed by atoms with Gasteiger partial charge in [-0.25, -0.2) is 14.4 Å². The van der Waals surface area contributed by atoms with Crippen molar-refractivity contribution in [2.45, 2.75) is 53.4 Å². The highest BCUT2D eigenvalue weighted by molar-refractivity contribution is 5.86. The Bertz CT molecular complexity index is 442. The van der Waals surface area contributed by atoms with Crippen molar-refractivity contribution in [3.63, 3.8) is 0 Å². The molecule has 0 aromatic heterocycles. The monoisotopic (exact) mass is 360 g/mol. The van der Waals surface area contributed by atoms with Crippen molar-refractivity contribution in [2.24, 2.45) is 28.7 Å². The maximum Gasteiger partial charge on any atom is 0.402 e. The molecule has 0 saturated heterocycles. The van der Waals surface area contributed by atoms with E-state index in [0.717, 1.165) is 0 Å². The number of hydrogen-bond donors (Lipinski definition) is 4. The topological polar surface area (TPSA) is 153 Å². The summed E-state index contributed by atoms with van der Waals surface area (Å²) in [6, 6.07) is 0. The van der Waals surface area contributed by atoms with Gasteiger partial charge in [-0.2, -0.15) is 0 Å². The molecule has 0 spiro atoms. The van der Waals surface area contributed by atoms with Gasteiger partial charge in [0.15, 0.2) is 0 Å². The molecule has 1 aliphatic carbocycles. The van der Waals surface area contributed by atoms with E-state index in [-0.39, 0.29) is 5.97 Å². The maximum absolute atomic E-state index is 11.4. The van der Waals surface area contributed by atoms with Crippen LogP contribution >= 0.6 is 0 Å². The molecule has 2 atom stereocenters. The van der Waals surface area contributed by atoms with Crippen molar-refractivity contribution in [3.8, 4) is 0 Å². The van der Waals surface area contributed by atoms with Crippen molar-refractivity contribution in [2.75, 3.05) is 6.61 Å². The molecule has 2 amide bonds. The molecule has 1 fully saturated rings. The molecule has 0 aromatic carbocycles. The molecule has 25 heavy (non-hydrogen) atoms. The number of rotatable bonds is 4. The molecule has 0 radical (unpaired) electrons. The second-order valence-corrected chi connectivity index (χ2v) is 6.87. The Labute approximate surface area is 149 Å². The number of esters is 1. The van der Waals surface area contributed by atoms with Gasteiger partial charge in [0.2, 0.25) is 0 Å². The third-order valence-electron chi connectivity index (χ3n) is 4.10. The van der Waals surface area contributed by atoms with Crippen LogP contribution in [0.4, 0.5) is 9.59 Å². The first kappa shape index (κ1) is 25.0. The van der Waals surface area contributed by atoms with Gasteiger partial charge in [-0.15, -0.1) is 0 Å². The highest BCUT2D eigenvalue weighted by atomic mass is 16.5. The molecular formula is C17H32N2O6. The third kappa shape index (κ3) is 13.8. The minimum atomic E-state index is -1.33. The molecule has 8 nitrogen and oxygen atoms in total. The van der Waals surface area contributed by atoms with Gasteiger partial charge in [0.25, 0.3) is 0 Å². The van der Waals surface area contributed by atoms with Crippen LogP contribution in [0.5, 0.6) is 0 Å². The van der Waals surface area contributed by atoms with E-state index < -0.39 is 12.2 Å². The lowest BCUT2D eigenvalue weighted by Crippen LogP contribution is -2.34. The number of carboxylic acid groups (broad SMARTS) is 2. The Morgan fingerprint density at radius 3 is 2.00 bits per heavy atom. The summed E-state index contributed by atoms with van der Waals surface area (Å²) < 4.78 is 5.27. The molecule has 0 heterocycles. The van der Waals surface area contributed by atoms with E-state index >= 15 is 0 Å². The zero-order chi connectivity index (χ0) is 20.2. The van der Waals surface area contributed by atoms with Gasteiger partial charge >= 0.3 is 18.2 Å². The van der Waals surface area contributed by atoms with Crippen molar-refractivity contribution < 1.29 is 29.3 Å². The zero-order valence-corrected chi connectivity index (χ0v) is 15.6. The lowest BCUT2D eigenvalue weighted by Gasteiger charge is -2.42. The normalized spacial score (nSPS) is 19.0. The van der Waals surface area contributed by atoms with Crippen molar-refractivity contribution >= 4 is 18.2 Å². The van der Waals surface area contributed by atoms with Gasteiger partial charge in [0, 0.05) is 5.57 Å². The highest BCUT2D eigenvalue weighted by Crippen LogP contribution is 2.44. The molecule has 1 aliphatic rings. The average Bonchev–Trinajstić information content (AvgIpc) is 2.42. The van der Waals surface area contributed by atoms with Crippen LogP contribution in [-0.4, -0.2) is 35.0 Å². The smallest absolute Gasteiger partial charge is 0.402 e. The molecule has 1 rings (SSSR count). The lowest BCUT2D eigenvalue weighted by atomic mass is 9.64. The summed E-state index contributed by atoms with van der Waals surface area (Å²) in [5.41, 5.74) is 8.92. The van der Waals surface area contributed by atoms with E-state index in [1.807, 2.05) is 0 Å². The minimum Gasteiger partial charge on any atom is -0.465 e.